The van der Waals surface area contributed by atoms with Crippen LogP contribution < -0.4 is 0 Å². The van der Waals surface area contributed by atoms with E-state index in [1.807, 2.05) is 0 Å². The molecule has 0 aliphatic heterocycles. The highest BCUT2D eigenvalue weighted by Gasteiger charge is 2.59. The molecule has 0 amide bonds. The second-order valence-corrected chi connectivity index (χ2v) is 13.5. The Morgan fingerprint density at radius 2 is 1.40 bits per heavy atom. The SMILES string of the molecule is CCCC(C(C)=CCC(C)C1C(C2CCCC2)C1C(C(C)CC)C(C)CCC=C(C)C)C(C)CC. The first-order valence-corrected chi connectivity index (χ1v) is 16.0. The molecule has 9 unspecified atom stereocenters. The van der Waals surface area contributed by atoms with Gasteiger partial charge in [0.1, 0.15) is 0 Å². The Balaban J connectivity index is 2.19. The third-order valence-electron chi connectivity index (χ3n) is 10.7. The van der Waals surface area contributed by atoms with Crippen LogP contribution in [0.2, 0.25) is 0 Å². The molecule has 0 saturated heterocycles. The molecular weight excluding hydrogens is 420 g/mol. The quantitative estimate of drug-likeness (QED) is 0.191. The van der Waals surface area contributed by atoms with Gasteiger partial charge < -0.3 is 0 Å². The van der Waals surface area contributed by atoms with Crippen LogP contribution in [-0.4, -0.2) is 0 Å². The summed E-state index contributed by atoms with van der Waals surface area (Å²) in [6.07, 6.45) is 20.5. The van der Waals surface area contributed by atoms with Gasteiger partial charge in [-0.1, -0.05) is 117 Å². The molecule has 9 atom stereocenters. The summed E-state index contributed by atoms with van der Waals surface area (Å²) in [7, 11) is 0. The number of rotatable bonds is 16. The van der Waals surface area contributed by atoms with E-state index in [0.29, 0.717) is 0 Å². The fraction of sp³-hybridized carbons (Fsp3) is 0.886. The van der Waals surface area contributed by atoms with Gasteiger partial charge >= 0.3 is 0 Å². The summed E-state index contributed by atoms with van der Waals surface area (Å²) in [5, 5.41) is 0. The lowest BCUT2D eigenvalue weighted by Crippen LogP contribution is -2.24. The Bertz CT molecular complexity index is 643. The van der Waals surface area contributed by atoms with Crippen molar-refractivity contribution in [2.45, 2.75) is 140 Å². The van der Waals surface area contributed by atoms with Crippen molar-refractivity contribution in [3.05, 3.63) is 23.3 Å². The molecular formula is C35H64. The molecule has 0 aromatic carbocycles. The normalized spacial score (nSPS) is 28.3. The third-order valence-corrected chi connectivity index (χ3v) is 10.7. The van der Waals surface area contributed by atoms with Gasteiger partial charge in [-0.15, -0.1) is 0 Å². The smallest absolute Gasteiger partial charge is 0.0180 e. The fourth-order valence-electron chi connectivity index (χ4n) is 8.28. The lowest BCUT2D eigenvalue weighted by atomic mass is 9.74. The van der Waals surface area contributed by atoms with Crippen LogP contribution in [0.3, 0.4) is 0 Å². The Morgan fingerprint density at radius 3 is 1.94 bits per heavy atom. The summed E-state index contributed by atoms with van der Waals surface area (Å²) >= 11 is 0. The second kappa shape index (κ2) is 15.0. The van der Waals surface area contributed by atoms with Gasteiger partial charge in [0.25, 0.3) is 0 Å². The molecule has 2 aliphatic carbocycles. The van der Waals surface area contributed by atoms with Crippen molar-refractivity contribution in [1.29, 1.82) is 0 Å². The molecule has 0 radical (unpaired) electrons. The van der Waals surface area contributed by atoms with E-state index in [9.17, 15) is 0 Å². The zero-order valence-corrected chi connectivity index (χ0v) is 25.7. The Labute approximate surface area is 222 Å². The van der Waals surface area contributed by atoms with E-state index in [4.69, 9.17) is 0 Å². The maximum atomic E-state index is 2.69. The topological polar surface area (TPSA) is 0 Å². The Kier molecular flexibility index (Phi) is 13.2. The molecule has 35 heavy (non-hydrogen) atoms. The van der Waals surface area contributed by atoms with Crippen LogP contribution in [-0.2, 0) is 0 Å². The molecule has 0 aromatic heterocycles. The molecule has 0 aromatic rings. The minimum atomic E-state index is 0.792. The highest BCUT2D eigenvalue weighted by Crippen LogP contribution is 2.65. The van der Waals surface area contributed by atoms with Gasteiger partial charge in [0.05, 0.1) is 0 Å². The van der Waals surface area contributed by atoms with Crippen LogP contribution in [0.1, 0.15) is 140 Å². The van der Waals surface area contributed by atoms with Crippen molar-refractivity contribution >= 4 is 0 Å². The summed E-state index contributed by atoms with van der Waals surface area (Å²) in [5.41, 5.74) is 3.18. The third kappa shape index (κ3) is 8.50. The van der Waals surface area contributed by atoms with Crippen LogP contribution in [0, 0.1) is 59.2 Å². The molecule has 2 rings (SSSR count). The van der Waals surface area contributed by atoms with E-state index in [2.05, 4.69) is 81.4 Å². The number of hydrogen-bond donors (Lipinski definition) is 0. The number of hydrogen-bond acceptors (Lipinski definition) is 0. The largest absolute Gasteiger partial charge is 0.0859 e. The molecule has 2 aliphatic rings. The highest BCUT2D eigenvalue weighted by atomic mass is 14.6. The van der Waals surface area contributed by atoms with E-state index < -0.39 is 0 Å². The maximum absolute atomic E-state index is 2.69. The van der Waals surface area contributed by atoms with Gasteiger partial charge in [0, 0.05) is 0 Å². The first kappa shape index (κ1) is 30.7. The highest BCUT2D eigenvalue weighted by molar-refractivity contribution is 5.11. The van der Waals surface area contributed by atoms with Crippen molar-refractivity contribution in [3.8, 4) is 0 Å². The van der Waals surface area contributed by atoms with Gasteiger partial charge in [-0.2, -0.15) is 0 Å². The van der Waals surface area contributed by atoms with Gasteiger partial charge in [-0.25, -0.2) is 0 Å². The summed E-state index contributed by atoms with van der Waals surface area (Å²) < 4.78 is 0. The van der Waals surface area contributed by atoms with Crippen molar-refractivity contribution in [2.75, 3.05) is 0 Å². The van der Waals surface area contributed by atoms with Crippen LogP contribution in [0.15, 0.2) is 23.3 Å². The monoisotopic (exact) mass is 485 g/mol. The van der Waals surface area contributed by atoms with E-state index in [1.54, 1.807) is 5.57 Å². The summed E-state index contributed by atoms with van der Waals surface area (Å²) in [5.74, 6) is 9.09. The summed E-state index contributed by atoms with van der Waals surface area (Å²) in [6, 6.07) is 0. The maximum Gasteiger partial charge on any atom is -0.0180 e. The molecule has 2 fully saturated rings. The molecule has 0 nitrogen and oxygen atoms in total. The van der Waals surface area contributed by atoms with Crippen LogP contribution >= 0.6 is 0 Å². The standard InChI is InChI=1S/C35H64/c1-11-17-31(25(6)12-2)27(8)22-23-29(10)33-34(30-20-14-15-21-30)35(33)32(26(7)13-3)28(9)19-16-18-24(4)5/h18,22,25-26,28-35H,11-17,19-21,23H2,1-10H3. The molecule has 204 valence electrons. The minimum Gasteiger partial charge on any atom is -0.0859 e. The van der Waals surface area contributed by atoms with Gasteiger partial charge in [0.2, 0.25) is 0 Å². The molecule has 0 heterocycles. The minimum absolute atomic E-state index is 0.792. The van der Waals surface area contributed by atoms with Crippen molar-refractivity contribution in [3.63, 3.8) is 0 Å². The van der Waals surface area contributed by atoms with E-state index in [-0.39, 0.29) is 0 Å². The average Bonchev–Trinajstić information content (AvgIpc) is 3.29. The second-order valence-electron chi connectivity index (χ2n) is 13.5. The Hall–Kier alpha value is -0.520. The lowest BCUT2D eigenvalue weighted by molar-refractivity contribution is 0.182. The van der Waals surface area contributed by atoms with E-state index in [1.165, 1.54) is 76.2 Å². The predicted molar refractivity (Wildman–Crippen MR) is 159 cm³/mol. The van der Waals surface area contributed by atoms with E-state index in [0.717, 1.165) is 59.2 Å². The van der Waals surface area contributed by atoms with Crippen molar-refractivity contribution in [1.82, 2.24) is 0 Å². The number of allylic oxidation sites excluding steroid dienone is 4. The lowest BCUT2D eigenvalue weighted by Gasteiger charge is -2.31. The van der Waals surface area contributed by atoms with Crippen LogP contribution in [0.25, 0.3) is 0 Å². The predicted octanol–water partition coefficient (Wildman–Crippen LogP) is 11.5. The molecule has 0 N–H and O–H groups in total. The molecule has 2 saturated carbocycles. The van der Waals surface area contributed by atoms with Gasteiger partial charge in [-0.05, 0) is 106 Å². The molecule has 0 heteroatoms. The zero-order chi connectivity index (χ0) is 26.1. The van der Waals surface area contributed by atoms with Crippen LogP contribution in [0.5, 0.6) is 0 Å². The van der Waals surface area contributed by atoms with Gasteiger partial charge in [0.15, 0.2) is 0 Å². The first-order chi connectivity index (χ1) is 16.7. The molecule has 0 bridgehead atoms. The summed E-state index contributed by atoms with van der Waals surface area (Å²) in [4.78, 5) is 0. The summed E-state index contributed by atoms with van der Waals surface area (Å²) in [6.45, 7) is 24.4. The first-order valence-electron chi connectivity index (χ1n) is 16.0. The van der Waals surface area contributed by atoms with Crippen LogP contribution in [0.4, 0.5) is 0 Å². The van der Waals surface area contributed by atoms with Crippen molar-refractivity contribution in [2.24, 2.45) is 59.2 Å². The Morgan fingerprint density at radius 1 is 0.771 bits per heavy atom. The van der Waals surface area contributed by atoms with Crippen molar-refractivity contribution < 1.29 is 0 Å². The molecule has 0 spiro atoms. The van der Waals surface area contributed by atoms with E-state index >= 15 is 0 Å². The average molecular weight is 485 g/mol. The fourth-order valence-corrected chi connectivity index (χ4v) is 8.28. The zero-order valence-electron chi connectivity index (χ0n) is 25.7. The van der Waals surface area contributed by atoms with Gasteiger partial charge in [-0.3, -0.25) is 0 Å².